The average molecular weight is 593 g/mol. The van der Waals surface area contributed by atoms with E-state index < -0.39 is 0 Å². The summed E-state index contributed by atoms with van der Waals surface area (Å²) < 4.78 is 0. The summed E-state index contributed by atoms with van der Waals surface area (Å²) in [7, 11) is 0. The molecule has 46 heavy (non-hydrogen) atoms. The Labute approximate surface area is 269 Å². The largest absolute Gasteiger partial charge is 0.339 e. The zero-order chi connectivity index (χ0) is 31.5. The van der Waals surface area contributed by atoms with E-state index in [9.17, 15) is 0 Å². The molecular formula is C42H32N4. The lowest BCUT2D eigenvalue weighted by atomic mass is 9.90. The molecule has 6 aromatic rings. The second-order valence-corrected chi connectivity index (χ2v) is 11.4. The maximum absolute atomic E-state index is 5.32. The van der Waals surface area contributed by atoms with Gasteiger partial charge in [-0.05, 0) is 99.1 Å². The number of fused-ring (bicyclic) bond motifs is 6. The van der Waals surface area contributed by atoms with Crippen LogP contribution < -0.4 is 5.32 Å². The first-order valence-corrected chi connectivity index (χ1v) is 15.4. The van der Waals surface area contributed by atoms with Crippen LogP contribution in [-0.4, -0.2) is 17.0 Å². The SMILES string of the molecule is C#CN=C/C=C(\C)C1=C(C)C/C=C(\c2ccccc2-c2ccc3c4ccccc4c4ccccc4c3c2)NC(c2ccncc2)=N1. The first-order valence-electron chi connectivity index (χ1n) is 15.4. The minimum absolute atomic E-state index is 0.727. The summed E-state index contributed by atoms with van der Waals surface area (Å²) >= 11 is 0. The average Bonchev–Trinajstić information content (AvgIpc) is 3.10. The number of hydrogen-bond acceptors (Lipinski definition) is 4. The number of aromatic nitrogens is 1. The van der Waals surface area contributed by atoms with Crippen molar-refractivity contribution in [3.05, 3.63) is 156 Å². The van der Waals surface area contributed by atoms with Gasteiger partial charge in [0, 0.05) is 41.5 Å². The fourth-order valence-corrected chi connectivity index (χ4v) is 6.33. The highest BCUT2D eigenvalue weighted by molar-refractivity contribution is 6.25. The molecule has 7 rings (SSSR count). The van der Waals surface area contributed by atoms with Gasteiger partial charge in [0.2, 0.25) is 0 Å². The number of hydrogen-bond donors (Lipinski definition) is 1. The molecule has 0 fully saturated rings. The zero-order valence-corrected chi connectivity index (χ0v) is 25.8. The quantitative estimate of drug-likeness (QED) is 0.123. The molecular weight excluding hydrogens is 560 g/mol. The minimum atomic E-state index is 0.727. The summed E-state index contributed by atoms with van der Waals surface area (Å²) in [6.45, 7) is 4.16. The number of rotatable bonds is 5. The maximum atomic E-state index is 5.32. The monoisotopic (exact) mass is 592 g/mol. The van der Waals surface area contributed by atoms with Gasteiger partial charge in [-0.1, -0.05) is 97.4 Å². The first-order chi connectivity index (χ1) is 22.6. The van der Waals surface area contributed by atoms with E-state index in [-0.39, 0.29) is 0 Å². The molecule has 4 nitrogen and oxygen atoms in total. The highest BCUT2D eigenvalue weighted by Gasteiger charge is 2.18. The molecule has 2 heterocycles. The van der Waals surface area contributed by atoms with Gasteiger partial charge in [0.05, 0.1) is 5.70 Å². The van der Waals surface area contributed by atoms with Crippen LogP contribution in [0.3, 0.4) is 0 Å². The number of aliphatic imine (C=N–C) groups is 2. The Hall–Kier alpha value is -6.05. The number of benzene rings is 5. The lowest BCUT2D eigenvalue weighted by Crippen LogP contribution is -2.25. The molecule has 0 atom stereocenters. The van der Waals surface area contributed by atoms with Crippen LogP contribution in [0.15, 0.2) is 155 Å². The fourth-order valence-electron chi connectivity index (χ4n) is 6.33. The van der Waals surface area contributed by atoms with Gasteiger partial charge < -0.3 is 5.32 Å². The molecule has 0 amide bonds. The highest BCUT2D eigenvalue weighted by atomic mass is 15.0. The van der Waals surface area contributed by atoms with E-state index >= 15 is 0 Å². The molecule has 0 saturated carbocycles. The van der Waals surface area contributed by atoms with Gasteiger partial charge in [-0.3, -0.25) is 4.98 Å². The number of pyridine rings is 1. The Bertz CT molecular complexity index is 2290. The Morgan fingerprint density at radius 1 is 0.761 bits per heavy atom. The van der Waals surface area contributed by atoms with Gasteiger partial charge in [0.15, 0.2) is 0 Å². The van der Waals surface area contributed by atoms with E-state index in [1.807, 2.05) is 25.1 Å². The zero-order valence-electron chi connectivity index (χ0n) is 25.8. The van der Waals surface area contributed by atoms with E-state index in [0.717, 1.165) is 57.1 Å². The van der Waals surface area contributed by atoms with Gasteiger partial charge in [0.25, 0.3) is 0 Å². The van der Waals surface area contributed by atoms with Crippen LogP contribution in [0.2, 0.25) is 0 Å². The highest BCUT2D eigenvalue weighted by Crippen LogP contribution is 2.38. The van der Waals surface area contributed by atoms with Gasteiger partial charge in [0.1, 0.15) is 5.84 Å². The summed E-state index contributed by atoms with van der Waals surface area (Å²) in [6, 6.07) is 39.1. The molecule has 0 unspecified atom stereocenters. The molecule has 0 radical (unpaired) electrons. The number of nitrogens with zero attached hydrogens (tertiary/aromatic N) is 3. The van der Waals surface area contributed by atoms with Crippen LogP contribution in [0.5, 0.6) is 0 Å². The molecule has 0 aliphatic carbocycles. The lowest BCUT2D eigenvalue weighted by molar-refractivity contribution is 1.07. The smallest absolute Gasteiger partial charge is 0.138 e. The van der Waals surface area contributed by atoms with E-state index in [1.54, 1.807) is 18.6 Å². The normalized spacial score (nSPS) is 15.3. The van der Waals surface area contributed by atoms with E-state index in [4.69, 9.17) is 11.4 Å². The maximum Gasteiger partial charge on any atom is 0.138 e. The van der Waals surface area contributed by atoms with Crippen molar-refractivity contribution in [1.29, 1.82) is 0 Å². The molecule has 5 aromatic carbocycles. The van der Waals surface area contributed by atoms with Crippen molar-refractivity contribution in [2.24, 2.45) is 9.98 Å². The second-order valence-electron chi connectivity index (χ2n) is 11.4. The summed E-state index contributed by atoms with van der Waals surface area (Å²) in [5, 5.41) is 11.3. The summed E-state index contributed by atoms with van der Waals surface area (Å²) in [5.41, 5.74) is 8.41. The molecule has 0 saturated heterocycles. The van der Waals surface area contributed by atoms with Crippen LogP contribution in [0.25, 0.3) is 49.1 Å². The molecule has 0 bridgehead atoms. The first kappa shape index (κ1) is 28.7. The second kappa shape index (κ2) is 12.5. The minimum Gasteiger partial charge on any atom is -0.339 e. The molecule has 0 spiro atoms. The molecule has 1 aliphatic rings. The van der Waals surface area contributed by atoms with Crippen molar-refractivity contribution in [3.8, 4) is 23.6 Å². The van der Waals surface area contributed by atoms with E-state index in [1.165, 1.54) is 32.3 Å². The van der Waals surface area contributed by atoms with Crippen LogP contribution in [0.1, 0.15) is 31.4 Å². The third-order valence-corrected chi connectivity index (χ3v) is 8.57. The molecule has 1 aliphatic heterocycles. The Morgan fingerprint density at radius 3 is 2.04 bits per heavy atom. The lowest BCUT2D eigenvalue weighted by Gasteiger charge is -2.21. The van der Waals surface area contributed by atoms with Crippen LogP contribution in [-0.2, 0) is 0 Å². The van der Waals surface area contributed by atoms with Crippen molar-refractivity contribution in [3.63, 3.8) is 0 Å². The van der Waals surface area contributed by atoms with Crippen LogP contribution >= 0.6 is 0 Å². The van der Waals surface area contributed by atoms with E-state index in [2.05, 4.69) is 125 Å². The predicted octanol–water partition coefficient (Wildman–Crippen LogP) is 9.87. The van der Waals surface area contributed by atoms with Crippen molar-refractivity contribution < 1.29 is 0 Å². The number of terminal acetylenes is 1. The van der Waals surface area contributed by atoms with Crippen molar-refractivity contribution in [2.75, 3.05) is 0 Å². The number of allylic oxidation sites excluding steroid dienone is 4. The number of amidine groups is 1. The van der Waals surface area contributed by atoms with Crippen LogP contribution in [0.4, 0.5) is 0 Å². The van der Waals surface area contributed by atoms with Crippen molar-refractivity contribution >= 4 is 50.1 Å². The number of nitrogens with one attached hydrogen (secondary N) is 1. The summed E-state index contributed by atoms with van der Waals surface area (Å²) in [5.74, 6) is 0.745. The fraction of sp³-hybridized carbons (Fsp3) is 0.0714. The van der Waals surface area contributed by atoms with Crippen molar-refractivity contribution in [1.82, 2.24) is 10.3 Å². The molecule has 1 N–H and O–H groups in total. The third-order valence-electron chi connectivity index (χ3n) is 8.57. The predicted molar refractivity (Wildman–Crippen MR) is 195 cm³/mol. The van der Waals surface area contributed by atoms with Crippen LogP contribution in [0, 0.1) is 12.5 Å². The molecule has 1 aromatic heterocycles. The Morgan fingerprint density at radius 2 is 1.37 bits per heavy atom. The molecule has 4 heteroatoms. The van der Waals surface area contributed by atoms with Gasteiger partial charge in [-0.2, -0.15) is 0 Å². The standard InChI is InChI=1S/C42H32N4/c1-4-43-24-21-29(3)41-28(2)17-20-40(45-42(46-41)30-22-25-44-26-23-30)38-16-10-5-11-32(38)31-18-19-37-35-14-7-6-12-33(35)34-13-8-9-15-36(34)39(37)27-31/h1,5-16,18-27H,17H2,2-3H3,(H,45,46)/b29-21+,40-20+,41-28?,43-24?. The Balaban J connectivity index is 1.38. The summed E-state index contributed by atoms with van der Waals surface area (Å²) in [4.78, 5) is 13.3. The van der Waals surface area contributed by atoms with Gasteiger partial charge >= 0.3 is 0 Å². The van der Waals surface area contributed by atoms with E-state index in [0.29, 0.717) is 0 Å². The topological polar surface area (TPSA) is 49.6 Å². The van der Waals surface area contributed by atoms with Crippen molar-refractivity contribution in [2.45, 2.75) is 20.3 Å². The van der Waals surface area contributed by atoms with Gasteiger partial charge in [-0.25, -0.2) is 9.98 Å². The van der Waals surface area contributed by atoms with Gasteiger partial charge in [-0.15, -0.1) is 0 Å². The molecule has 220 valence electrons. The Kier molecular flexibility index (Phi) is 7.81. The summed E-state index contributed by atoms with van der Waals surface area (Å²) in [6.07, 6.45) is 15.4. The third kappa shape index (κ3) is 5.40.